The number of nitrogens with one attached hydrogen (secondary N) is 1. The molecule has 0 fully saturated rings. The number of halogens is 1. The van der Waals surface area contributed by atoms with Gasteiger partial charge in [-0.15, -0.1) is 0 Å². The van der Waals surface area contributed by atoms with Crippen molar-refractivity contribution in [2.45, 2.75) is 19.1 Å². The predicted octanol–water partition coefficient (Wildman–Crippen LogP) is 2.50. The van der Waals surface area contributed by atoms with E-state index in [-0.39, 0.29) is 13.1 Å². The molecule has 0 aliphatic heterocycles. The molecule has 1 aromatic heterocycles. The third-order valence-electron chi connectivity index (χ3n) is 5.40. The molecule has 0 spiro atoms. The summed E-state index contributed by atoms with van der Waals surface area (Å²) in [5, 5.41) is 2.86. The van der Waals surface area contributed by atoms with Crippen molar-refractivity contribution in [3.8, 4) is 0 Å². The fraction of sp³-hybridized carbons (Fsp3) is 0.240. The molecule has 1 unspecified atom stereocenters. The summed E-state index contributed by atoms with van der Waals surface area (Å²) in [7, 11) is -2.34. The third kappa shape index (κ3) is 7.43. The minimum atomic E-state index is -3.64. The number of hydrogen-bond acceptors (Lipinski definition) is 5. The van der Waals surface area contributed by atoms with Gasteiger partial charge in [-0.1, -0.05) is 42.5 Å². The molecule has 3 aromatic rings. The number of carbonyl (C=O) groups excluding carboxylic acids is 2. The van der Waals surface area contributed by atoms with Gasteiger partial charge in [-0.05, 0) is 41.0 Å². The summed E-state index contributed by atoms with van der Waals surface area (Å²) >= 11 is 0. The summed E-state index contributed by atoms with van der Waals surface area (Å²) in [6.45, 7) is -0.271. The van der Waals surface area contributed by atoms with Crippen LogP contribution in [-0.2, 0) is 32.7 Å². The zero-order valence-corrected chi connectivity index (χ0v) is 20.3. The lowest BCUT2D eigenvalue weighted by molar-refractivity contribution is -0.141. The van der Waals surface area contributed by atoms with Crippen LogP contribution in [0.15, 0.2) is 79.1 Å². The molecule has 35 heavy (non-hydrogen) atoms. The van der Waals surface area contributed by atoms with Crippen molar-refractivity contribution in [1.82, 2.24) is 19.5 Å². The molecule has 0 radical (unpaired) electrons. The van der Waals surface area contributed by atoms with Crippen LogP contribution in [0.25, 0.3) is 0 Å². The highest BCUT2D eigenvalue weighted by atomic mass is 32.2. The predicted molar refractivity (Wildman–Crippen MR) is 130 cm³/mol. The molecule has 184 valence electrons. The number of benzene rings is 2. The summed E-state index contributed by atoms with van der Waals surface area (Å²) in [6, 6.07) is 16.8. The van der Waals surface area contributed by atoms with E-state index in [1.807, 2.05) is 0 Å². The Morgan fingerprint density at radius 1 is 0.971 bits per heavy atom. The normalized spacial score (nSPS) is 12.2. The summed E-state index contributed by atoms with van der Waals surface area (Å²) < 4.78 is 38.3. The third-order valence-corrected chi connectivity index (χ3v) is 6.66. The molecule has 0 saturated heterocycles. The quantitative estimate of drug-likeness (QED) is 0.463. The standard InChI is InChI=1S/C25H27FN4O4S/c1-29(35(2,33)34)18-23(31)30(17-20-8-10-22(26)11-9-20)24(21-6-4-3-5-7-21)25(32)28-16-19-12-14-27-15-13-19/h3-15,24H,16-18H2,1-2H3,(H,28,32). The molecule has 0 aliphatic carbocycles. The average Bonchev–Trinajstić information content (AvgIpc) is 2.84. The molecule has 1 atom stereocenters. The molecule has 10 heteroatoms. The Bertz CT molecular complexity index is 1240. The molecule has 8 nitrogen and oxygen atoms in total. The lowest BCUT2D eigenvalue weighted by Crippen LogP contribution is -2.47. The van der Waals surface area contributed by atoms with Crippen LogP contribution < -0.4 is 5.32 Å². The Balaban J connectivity index is 1.97. The van der Waals surface area contributed by atoms with Crippen molar-refractivity contribution >= 4 is 21.8 Å². The second kappa shape index (κ2) is 11.7. The number of sulfonamides is 1. The highest BCUT2D eigenvalue weighted by molar-refractivity contribution is 7.88. The number of carbonyl (C=O) groups is 2. The number of likely N-dealkylation sites (N-methyl/N-ethyl adjacent to an activating group) is 1. The Labute approximate surface area is 204 Å². The second-order valence-electron chi connectivity index (χ2n) is 8.05. The van der Waals surface area contributed by atoms with Crippen LogP contribution in [0.2, 0.25) is 0 Å². The number of amides is 2. The van der Waals surface area contributed by atoms with E-state index in [4.69, 9.17) is 0 Å². The van der Waals surface area contributed by atoms with E-state index in [9.17, 15) is 22.4 Å². The number of hydrogen-bond donors (Lipinski definition) is 1. The minimum absolute atomic E-state index is 0.0288. The van der Waals surface area contributed by atoms with Gasteiger partial charge < -0.3 is 10.2 Å². The van der Waals surface area contributed by atoms with Crippen molar-refractivity contribution in [3.05, 3.63) is 102 Å². The van der Waals surface area contributed by atoms with E-state index in [0.717, 1.165) is 16.1 Å². The van der Waals surface area contributed by atoms with Crippen LogP contribution in [0, 0.1) is 5.82 Å². The number of pyridine rings is 1. The minimum Gasteiger partial charge on any atom is -0.350 e. The Kier molecular flexibility index (Phi) is 8.67. The molecule has 3 rings (SSSR count). The van der Waals surface area contributed by atoms with Gasteiger partial charge in [0.25, 0.3) is 0 Å². The Hall–Kier alpha value is -3.63. The first-order valence-corrected chi connectivity index (χ1v) is 12.7. The highest BCUT2D eigenvalue weighted by Crippen LogP contribution is 2.24. The van der Waals surface area contributed by atoms with Gasteiger partial charge in [-0.2, -0.15) is 4.31 Å². The van der Waals surface area contributed by atoms with E-state index in [0.29, 0.717) is 11.1 Å². The van der Waals surface area contributed by atoms with Crippen LogP contribution in [-0.4, -0.2) is 54.3 Å². The maximum absolute atomic E-state index is 13.5. The maximum Gasteiger partial charge on any atom is 0.247 e. The maximum atomic E-state index is 13.5. The fourth-order valence-electron chi connectivity index (χ4n) is 3.40. The van der Waals surface area contributed by atoms with Gasteiger partial charge in [0.2, 0.25) is 21.8 Å². The van der Waals surface area contributed by atoms with Crippen LogP contribution in [0.3, 0.4) is 0 Å². The van der Waals surface area contributed by atoms with Crippen LogP contribution >= 0.6 is 0 Å². The summed E-state index contributed by atoms with van der Waals surface area (Å²) in [4.78, 5) is 32.2. The van der Waals surface area contributed by atoms with E-state index in [1.54, 1.807) is 54.9 Å². The van der Waals surface area contributed by atoms with E-state index in [2.05, 4.69) is 10.3 Å². The first-order chi connectivity index (χ1) is 16.6. The number of aromatic nitrogens is 1. The molecule has 2 amide bonds. The summed E-state index contributed by atoms with van der Waals surface area (Å²) in [5.41, 5.74) is 1.97. The highest BCUT2D eigenvalue weighted by Gasteiger charge is 2.32. The molecule has 0 aliphatic rings. The molecule has 0 bridgehead atoms. The molecular formula is C25H27FN4O4S. The smallest absolute Gasteiger partial charge is 0.247 e. The monoisotopic (exact) mass is 498 g/mol. The lowest BCUT2D eigenvalue weighted by Gasteiger charge is -2.32. The summed E-state index contributed by atoms with van der Waals surface area (Å²) in [6.07, 6.45) is 4.23. The number of rotatable bonds is 10. The van der Waals surface area contributed by atoms with Gasteiger partial charge in [-0.3, -0.25) is 14.6 Å². The van der Waals surface area contributed by atoms with Crippen molar-refractivity contribution in [3.63, 3.8) is 0 Å². The zero-order valence-electron chi connectivity index (χ0n) is 19.5. The Morgan fingerprint density at radius 3 is 2.20 bits per heavy atom. The number of nitrogens with zero attached hydrogens (tertiary/aromatic N) is 3. The average molecular weight is 499 g/mol. The van der Waals surface area contributed by atoms with E-state index in [1.165, 1.54) is 36.2 Å². The van der Waals surface area contributed by atoms with Gasteiger partial charge >= 0.3 is 0 Å². The summed E-state index contributed by atoms with van der Waals surface area (Å²) in [5.74, 6) is -1.45. The second-order valence-corrected chi connectivity index (χ2v) is 10.1. The fourth-order valence-corrected chi connectivity index (χ4v) is 3.75. The Morgan fingerprint density at radius 2 is 1.60 bits per heavy atom. The van der Waals surface area contributed by atoms with E-state index < -0.39 is 40.2 Å². The van der Waals surface area contributed by atoms with Crippen molar-refractivity contribution in [2.24, 2.45) is 0 Å². The first-order valence-electron chi connectivity index (χ1n) is 10.8. The molecule has 1 heterocycles. The molecule has 0 saturated carbocycles. The molecular weight excluding hydrogens is 471 g/mol. The SMILES string of the molecule is CN(CC(=O)N(Cc1ccc(F)cc1)C(C(=O)NCc1ccncc1)c1ccccc1)S(C)(=O)=O. The van der Waals surface area contributed by atoms with Gasteiger partial charge in [0.1, 0.15) is 11.9 Å². The van der Waals surface area contributed by atoms with Crippen molar-refractivity contribution in [1.29, 1.82) is 0 Å². The van der Waals surface area contributed by atoms with Crippen LogP contribution in [0.4, 0.5) is 4.39 Å². The van der Waals surface area contributed by atoms with Crippen LogP contribution in [0.5, 0.6) is 0 Å². The van der Waals surface area contributed by atoms with Gasteiger partial charge in [0.05, 0.1) is 12.8 Å². The van der Waals surface area contributed by atoms with Crippen molar-refractivity contribution < 1.29 is 22.4 Å². The van der Waals surface area contributed by atoms with Crippen LogP contribution in [0.1, 0.15) is 22.7 Å². The molecule has 1 N–H and O–H groups in total. The van der Waals surface area contributed by atoms with Gasteiger partial charge in [0, 0.05) is 32.5 Å². The van der Waals surface area contributed by atoms with Gasteiger partial charge in [0.15, 0.2) is 0 Å². The van der Waals surface area contributed by atoms with Crippen molar-refractivity contribution in [2.75, 3.05) is 19.8 Å². The topological polar surface area (TPSA) is 99.7 Å². The first kappa shape index (κ1) is 26.0. The van der Waals surface area contributed by atoms with Gasteiger partial charge in [-0.25, -0.2) is 12.8 Å². The lowest BCUT2D eigenvalue weighted by atomic mass is 10.0. The van der Waals surface area contributed by atoms with E-state index >= 15 is 0 Å². The largest absolute Gasteiger partial charge is 0.350 e. The zero-order chi connectivity index (χ0) is 25.4. The molecule has 2 aromatic carbocycles.